The summed E-state index contributed by atoms with van der Waals surface area (Å²) in [5, 5.41) is 13.9. The number of rotatable bonds is 6. The number of tetrazole rings is 1. The summed E-state index contributed by atoms with van der Waals surface area (Å²) in [6.07, 6.45) is -0.601. The fourth-order valence-electron chi connectivity index (χ4n) is 2.06. The monoisotopic (exact) mass is 321 g/mol. The van der Waals surface area contributed by atoms with Gasteiger partial charge in [-0.05, 0) is 56.3 Å². The second-order valence-electron chi connectivity index (χ2n) is 5.32. The van der Waals surface area contributed by atoms with Crippen molar-refractivity contribution in [3.63, 3.8) is 0 Å². The average Bonchev–Trinajstić information content (AvgIpc) is 2.97. The molecule has 0 saturated heterocycles. The molecule has 1 amide bonds. The molecule has 0 radical (unpaired) electrons. The number of amides is 1. The third kappa shape index (κ3) is 3.89. The molecule has 0 unspecified atom stereocenters. The Morgan fingerprint density at radius 2 is 2.13 bits per heavy atom. The summed E-state index contributed by atoms with van der Waals surface area (Å²) in [4.78, 5) is 11.9. The summed E-state index contributed by atoms with van der Waals surface area (Å²) in [6.45, 7) is 7.68. The van der Waals surface area contributed by atoms with Crippen LogP contribution in [0, 0.1) is 5.82 Å². The van der Waals surface area contributed by atoms with Gasteiger partial charge in [-0.15, -0.1) is 5.10 Å². The Morgan fingerprint density at radius 3 is 2.74 bits per heavy atom. The van der Waals surface area contributed by atoms with E-state index in [1.165, 1.54) is 10.7 Å². The van der Waals surface area contributed by atoms with Crippen LogP contribution >= 0.6 is 0 Å². The molecule has 0 aliphatic carbocycles. The highest BCUT2D eigenvalue weighted by atomic mass is 19.1. The standard InChI is InChI=1S/C15H20FN5O2/c1-5-23-10(4)15(22)17-11-6-7-12(13(16)8-11)14-18-19-20-21(14)9(2)3/h6-10H,5H2,1-4H3,(H,17,22)/t10-/m1/s1. The zero-order valence-corrected chi connectivity index (χ0v) is 13.6. The zero-order valence-electron chi connectivity index (χ0n) is 13.6. The minimum atomic E-state index is -0.601. The number of nitrogens with zero attached hydrogens (tertiary/aromatic N) is 4. The minimum absolute atomic E-state index is 0.00539. The molecule has 1 aromatic heterocycles. The Labute approximate surface area is 133 Å². The molecule has 0 aliphatic heterocycles. The van der Waals surface area contributed by atoms with Crippen LogP contribution in [0.25, 0.3) is 11.4 Å². The van der Waals surface area contributed by atoms with Crippen molar-refractivity contribution in [1.29, 1.82) is 0 Å². The van der Waals surface area contributed by atoms with E-state index >= 15 is 0 Å². The molecule has 124 valence electrons. The van der Waals surface area contributed by atoms with E-state index in [4.69, 9.17) is 4.74 Å². The van der Waals surface area contributed by atoms with Gasteiger partial charge < -0.3 is 10.1 Å². The van der Waals surface area contributed by atoms with Gasteiger partial charge in [0, 0.05) is 12.3 Å². The van der Waals surface area contributed by atoms with Gasteiger partial charge in [0.05, 0.1) is 11.6 Å². The number of halogens is 1. The Bertz CT molecular complexity index is 686. The number of benzene rings is 1. The van der Waals surface area contributed by atoms with Crippen molar-refractivity contribution in [1.82, 2.24) is 20.2 Å². The molecule has 0 saturated carbocycles. The van der Waals surface area contributed by atoms with E-state index in [2.05, 4.69) is 20.8 Å². The molecule has 1 heterocycles. The molecule has 8 heteroatoms. The number of hydrogen-bond donors (Lipinski definition) is 1. The van der Waals surface area contributed by atoms with Crippen LogP contribution < -0.4 is 5.32 Å². The normalized spacial score (nSPS) is 12.4. The molecule has 1 atom stereocenters. The third-order valence-corrected chi connectivity index (χ3v) is 3.25. The van der Waals surface area contributed by atoms with E-state index in [1.54, 1.807) is 26.0 Å². The number of carbonyl (C=O) groups excluding carboxylic acids is 1. The summed E-state index contributed by atoms with van der Waals surface area (Å²) < 4.78 is 21.1. The van der Waals surface area contributed by atoms with E-state index in [9.17, 15) is 9.18 Å². The lowest BCUT2D eigenvalue weighted by molar-refractivity contribution is -0.126. The van der Waals surface area contributed by atoms with Crippen molar-refractivity contribution in [2.45, 2.75) is 39.8 Å². The minimum Gasteiger partial charge on any atom is -0.369 e. The van der Waals surface area contributed by atoms with E-state index in [0.717, 1.165) is 0 Å². The molecule has 2 rings (SSSR count). The number of hydrogen-bond acceptors (Lipinski definition) is 5. The lowest BCUT2D eigenvalue weighted by Gasteiger charge is -2.13. The van der Waals surface area contributed by atoms with Crippen LogP contribution in [0.15, 0.2) is 18.2 Å². The number of ether oxygens (including phenoxy) is 1. The molecule has 0 spiro atoms. The van der Waals surface area contributed by atoms with E-state index in [0.29, 0.717) is 18.1 Å². The van der Waals surface area contributed by atoms with Crippen LogP contribution in [-0.4, -0.2) is 38.8 Å². The summed E-state index contributed by atoms with van der Waals surface area (Å²) in [6, 6.07) is 4.39. The Hall–Kier alpha value is -2.35. The molecule has 23 heavy (non-hydrogen) atoms. The van der Waals surface area contributed by atoms with Crippen molar-refractivity contribution in [3.05, 3.63) is 24.0 Å². The second-order valence-corrected chi connectivity index (χ2v) is 5.32. The largest absolute Gasteiger partial charge is 0.369 e. The van der Waals surface area contributed by atoms with Crippen LogP contribution in [0.3, 0.4) is 0 Å². The molecule has 1 aromatic carbocycles. The summed E-state index contributed by atoms with van der Waals surface area (Å²) >= 11 is 0. The fraction of sp³-hybridized carbons (Fsp3) is 0.467. The van der Waals surface area contributed by atoms with Crippen LogP contribution in [0.1, 0.15) is 33.7 Å². The van der Waals surface area contributed by atoms with Crippen LogP contribution in [0.5, 0.6) is 0 Å². The van der Waals surface area contributed by atoms with Gasteiger partial charge in [-0.25, -0.2) is 9.07 Å². The van der Waals surface area contributed by atoms with Gasteiger partial charge >= 0.3 is 0 Å². The lowest BCUT2D eigenvalue weighted by atomic mass is 10.1. The number of carbonyl (C=O) groups is 1. The van der Waals surface area contributed by atoms with Gasteiger partial charge in [-0.2, -0.15) is 0 Å². The van der Waals surface area contributed by atoms with E-state index in [-0.39, 0.29) is 17.5 Å². The van der Waals surface area contributed by atoms with Crippen LogP contribution in [0.4, 0.5) is 10.1 Å². The molecule has 0 aliphatic rings. The predicted molar refractivity (Wildman–Crippen MR) is 83.3 cm³/mol. The van der Waals surface area contributed by atoms with E-state index < -0.39 is 11.9 Å². The Kier molecular flexibility index (Phi) is 5.38. The van der Waals surface area contributed by atoms with E-state index in [1.807, 2.05) is 13.8 Å². The maximum atomic E-state index is 14.4. The first-order chi connectivity index (χ1) is 10.9. The lowest BCUT2D eigenvalue weighted by Crippen LogP contribution is -2.27. The van der Waals surface area contributed by atoms with Crippen LogP contribution in [0.2, 0.25) is 0 Å². The van der Waals surface area contributed by atoms with Gasteiger partial charge in [0.1, 0.15) is 11.9 Å². The van der Waals surface area contributed by atoms with Crippen molar-refractivity contribution in [2.75, 3.05) is 11.9 Å². The Morgan fingerprint density at radius 1 is 1.39 bits per heavy atom. The molecular weight excluding hydrogens is 301 g/mol. The fourth-order valence-corrected chi connectivity index (χ4v) is 2.06. The predicted octanol–water partition coefficient (Wildman–Crippen LogP) is 2.42. The maximum absolute atomic E-state index is 14.4. The first-order valence-electron chi connectivity index (χ1n) is 7.44. The van der Waals surface area contributed by atoms with Crippen molar-refractivity contribution in [2.24, 2.45) is 0 Å². The molecule has 1 N–H and O–H groups in total. The van der Waals surface area contributed by atoms with Crippen molar-refractivity contribution < 1.29 is 13.9 Å². The smallest absolute Gasteiger partial charge is 0.253 e. The topological polar surface area (TPSA) is 81.9 Å². The first kappa shape index (κ1) is 17.0. The number of nitrogens with one attached hydrogen (secondary N) is 1. The third-order valence-electron chi connectivity index (χ3n) is 3.25. The average molecular weight is 321 g/mol. The highest BCUT2D eigenvalue weighted by Crippen LogP contribution is 2.25. The Balaban J connectivity index is 2.21. The van der Waals surface area contributed by atoms with Crippen molar-refractivity contribution >= 4 is 11.6 Å². The van der Waals surface area contributed by atoms with Gasteiger partial charge in [0.25, 0.3) is 5.91 Å². The molecule has 2 aromatic rings. The maximum Gasteiger partial charge on any atom is 0.253 e. The molecular formula is C15H20FN5O2. The summed E-state index contributed by atoms with van der Waals surface area (Å²) in [7, 11) is 0. The van der Waals surface area contributed by atoms with Gasteiger partial charge in [-0.1, -0.05) is 0 Å². The number of anilines is 1. The summed E-state index contributed by atoms with van der Waals surface area (Å²) in [5.74, 6) is -0.493. The number of aromatic nitrogens is 4. The van der Waals surface area contributed by atoms with Crippen LogP contribution in [-0.2, 0) is 9.53 Å². The second kappa shape index (κ2) is 7.28. The highest BCUT2D eigenvalue weighted by molar-refractivity contribution is 5.94. The molecule has 0 bridgehead atoms. The quantitative estimate of drug-likeness (QED) is 0.883. The zero-order chi connectivity index (χ0) is 17.0. The van der Waals surface area contributed by atoms with Gasteiger partial charge in [0.15, 0.2) is 5.82 Å². The van der Waals surface area contributed by atoms with Gasteiger partial charge in [-0.3, -0.25) is 4.79 Å². The molecule has 7 nitrogen and oxygen atoms in total. The summed E-state index contributed by atoms with van der Waals surface area (Å²) in [5.41, 5.74) is 0.630. The molecule has 0 fully saturated rings. The SMILES string of the molecule is CCO[C@H](C)C(=O)Nc1ccc(-c2nnnn2C(C)C)c(F)c1. The van der Waals surface area contributed by atoms with Gasteiger partial charge in [0.2, 0.25) is 0 Å². The first-order valence-corrected chi connectivity index (χ1v) is 7.44. The van der Waals surface area contributed by atoms with Crippen molar-refractivity contribution in [3.8, 4) is 11.4 Å². The highest BCUT2D eigenvalue weighted by Gasteiger charge is 2.17.